The number of methoxy groups -OCH3 is 2. The highest BCUT2D eigenvalue weighted by Crippen LogP contribution is 2.36. The van der Waals surface area contributed by atoms with Gasteiger partial charge in [-0.3, -0.25) is 9.59 Å². The Bertz CT molecular complexity index is 726. The zero-order valence-corrected chi connectivity index (χ0v) is 13.8. The molecule has 22 heavy (non-hydrogen) atoms. The molecule has 5 nitrogen and oxygen atoms in total. The summed E-state index contributed by atoms with van der Waals surface area (Å²) in [5.74, 6) is 0.468. The zero-order valence-electron chi connectivity index (χ0n) is 12.2. The molecular weight excluding hydrogens is 326 g/mol. The molecule has 0 saturated heterocycles. The second kappa shape index (κ2) is 6.81. The van der Waals surface area contributed by atoms with Gasteiger partial charge in [0.25, 0.3) is 5.91 Å². The van der Waals surface area contributed by atoms with Gasteiger partial charge in [-0.15, -0.1) is 11.3 Å². The van der Waals surface area contributed by atoms with Gasteiger partial charge in [-0.2, -0.15) is 0 Å². The van der Waals surface area contributed by atoms with Crippen LogP contribution in [0.5, 0.6) is 11.5 Å². The van der Waals surface area contributed by atoms with E-state index >= 15 is 0 Å². The minimum Gasteiger partial charge on any atom is -0.495 e. The van der Waals surface area contributed by atoms with Crippen molar-refractivity contribution in [2.45, 2.75) is 6.92 Å². The number of nitrogens with one attached hydrogen (secondary N) is 1. The van der Waals surface area contributed by atoms with Crippen LogP contribution < -0.4 is 14.8 Å². The van der Waals surface area contributed by atoms with Crippen LogP contribution in [0, 0.1) is 0 Å². The van der Waals surface area contributed by atoms with Crippen LogP contribution in [-0.4, -0.2) is 25.9 Å². The molecule has 2 rings (SSSR count). The molecule has 1 amide bonds. The highest BCUT2D eigenvalue weighted by Gasteiger charge is 2.16. The molecule has 0 atom stereocenters. The normalized spacial score (nSPS) is 10.2. The Labute approximate surface area is 136 Å². The first-order valence-corrected chi connectivity index (χ1v) is 7.49. The smallest absolute Gasteiger partial charge is 0.265 e. The molecule has 0 aliphatic heterocycles. The molecule has 0 radical (unpaired) electrons. The van der Waals surface area contributed by atoms with E-state index in [2.05, 4.69) is 5.32 Å². The number of ether oxygens (including phenoxy) is 2. The Morgan fingerprint density at radius 3 is 2.27 bits per heavy atom. The molecule has 116 valence electrons. The number of halogens is 1. The average Bonchev–Trinajstić information content (AvgIpc) is 2.97. The van der Waals surface area contributed by atoms with Crippen molar-refractivity contribution < 1.29 is 19.1 Å². The van der Waals surface area contributed by atoms with Gasteiger partial charge in [0.1, 0.15) is 11.5 Å². The summed E-state index contributed by atoms with van der Waals surface area (Å²) in [4.78, 5) is 24.5. The van der Waals surface area contributed by atoms with Crippen molar-refractivity contribution in [3.05, 3.63) is 39.0 Å². The SMILES string of the molecule is COc1cc(OC)c(NC(=O)c2ccc(C(C)=O)s2)cc1Cl. The van der Waals surface area contributed by atoms with Gasteiger partial charge in [-0.05, 0) is 25.1 Å². The predicted octanol–water partition coefficient (Wildman–Crippen LogP) is 3.87. The van der Waals surface area contributed by atoms with E-state index in [1.165, 1.54) is 21.1 Å². The van der Waals surface area contributed by atoms with E-state index in [1.54, 1.807) is 24.3 Å². The molecule has 0 fully saturated rings. The zero-order chi connectivity index (χ0) is 16.3. The Balaban J connectivity index is 2.27. The fourth-order valence-electron chi connectivity index (χ4n) is 1.79. The number of carbonyl (C=O) groups is 2. The van der Waals surface area contributed by atoms with Crippen molar-refractivity contribution >= 4 is 40.3 Å². The Hall–Kier alpha value is -2.05. The number of anilines is 1. The summed E-state index contributed by atoms with van der Waals surface area (Å²) >= 11 is 7.19. The Morgan fingerprint density at radius 2 is 1.73 bits per heavy atom. The third-order valence-corrected chi connectivity index (χ3v) is 4.38. The summed E-state index contributed by atoms with van der Waals surface area (Å²) in [7, 11) is 2.98. The topological polar surface area (TPSA) is 64.6 Å². The van der Waals surface area contributed by atoms with E-state index in [4.69, 9.17) is 21.1 Å². The van der Waals surface area contributed by atoms with Crippen LogP contribution in [0.3, 0.4) is 0 Å². The van der Waals surface area contributed by atoms with E-state index in [0.717, 1.165) is 11.3 Å². The maximum Gasteiger partial charge on any atom is 0.265 e. The average molecular weight is 340 g/mol. The second-order valence-corrected chi connectivity index (χ2v) is 5.85. The van der Waals surface area contributed by atoms with Crippen LogP contribution in [0.4, 0.5) is 5.69 Å². The first kappa shape index (κ1) is 16.3. The van der Waals surface area contributed by atoms with Crippen LogP contribution >= 0.6 is 22.9 Å². The number of hydrogen-bond donors (Lipinski definition) is 1. The van der Waals surface area contributed by atoms with Crippen LogP contribution in [0.25, 0.3) is 0 Å². The number of benzene rings is 1. The van der Waals surface area contributed by atoms with E-state index in [1.807, 2.05) is 0 Å². The molecule has 0 aliphatic carbocycles. The van der Waals surface area contributed by atoms with Crippen LogP contribution in [0.15, 0.2) is 24.3 Å². The van der Waals surface area contributed by atoms with E-state index in [-0.39, 0.29) is 11.7 Å². The number of thiophene rings is 1. The van der Waals surface area contributed by atoms with Gasteiger partial charge in [-0.1, -0.05) is 11.6 Å². The predicted molar refractivity (Wildman–Crippen MR) is 86.8 cm³/mol. The minimum atomic E-state index is -0.336. The molecular formula is C15H14ClNO4S. The van der Waals surface area contributed by atoms with Gasteiger partial charge in [0, 0.05) is 6.07 Å². The summed E-state index contributed by atoms with van der Waals surface area (Å²) in [6, 6.07) is 6.37. The maximum atomic E-state index is 12.2. The molecule has 0 aliphatic rings. The molecule has 0 saturated carbocycles. The standard InChI is InChI=1S/C15H14ClNO4S/c1-8(18)13-4-5-14(22-13)15(19)17-10-6-9(16)11(20-2)7-12(10)21-3/h4-7H,1-3H3,(H,17,19). The highest BCUT2D eigenvalue weighted by molar-refractivity contribution is 7.16. The summed E-state index contributed by atoms with van der Waals surface area (Å²) < 4.78 is 10.3. The van der Waals surface area contributed by atoms with Crippen molar-refractivity contribution in [3.8, 4) is 11.5 Å². The van der Waals surface area contributed by atoms with Gasteiger partial charge in [-0.25, -0.2) is 0 Å². The number of rotatable bonds is 5. The summed E-state index contributed by atoms with van der Waals surface area (Å²) in [5.41, 5.74) is 0.427. The monoisotopic (exact) mass is 339 g/mol. The number of carbonyl (C=O) groups excluding carboxylic acids is 2. The molecule has 0 spiro atoms. The van der Waals surface area contributed by atoms with Crippen LogP contribution in [0.1, 0.15) is 26.3 Å². The number of amides is 1. The quantitative estimate of drug-likeness (QED) is 0.840. The van der Waals surface area contributed by atoms with Crippen molar-refractivity contribution in [3.63, 3.8) is 0 Å². The Kier molecular flexibility index (Phi) is 5.05. The molecule has 1 heterocycles. The first-order chi connectivity index (χ1) is 10.5. The van der Waals surface area contributed by atoms with Gasteiger partial charge < -0.3 is 14.8 Å². The molecule has 1 N–H and O–H groups in total. The molecule has 2 aromatic rings. The lowest BCUT2D eigenvalue weighted by Crippen LogP contribution is -2.11. The lowest BCUT2D eigenvalue weighted by atomic mass is 10.2. The highest BCUT2D eigenvalue weighted by atomic mass is 35.5. The minimum absolute atomic E-state index is 0.0749. The lowest BCUT2D eigenvalue weighted by Gasteiger charge is -2.12. The van der Waals surface area contributed by atoms with Crippen molar-refractivity contribution in [1.82, 2.24) is 0 Å². The summed E-state index contributed by atoms with van der Waals surface area (Å²) in [6.07, 6.45) is 0. The van der Waals surface area contributed by atoms with Crippen LogP contribution in [-0.2, 0) is 0 Å². The summed E-state index contributed by atoms with van der Waals surface area (Å²) in [6.45, 7) is 1.46. The molecule has 1 aromatic carbocycles. The third kappa shape index (κ3) is 3.40. The van der Waals surface area contributed by atoms with E-state index in [9.17, 15) is 9.59 Å². The van der Waals surface area contributed by atoms with Gasteiger partial charge in [0.05, 0.1) is 34.7 Å². The third-order valence-electron chi connectivity index (χ3n) is 2.90. The fourth-order valence-corrected chi connectivity index (χ4v) is 2.83. The molecule has 0 bridgehead atoms. The molecule has 7 heteroatoms. The molecule has 0 unspecified atom stereocenters. The van der Waals surface area contributed by atoms with Crippen molar-refractivity contribution in [2.24, 2.45) is 0 Å². The van der Waals surface area contributed by atoms with Gasteiger partial charge in [0.2, 0.25) is 0 Å². The Morgan fingerprint density at radius 1 is 1.09 bits per heavy atom. The largest absolute Gasteiger partial charge is 0.495 e. The number of Topliss-reactive ketones (excluding diaryl/α,β-unsaturated/α-hetero) is 1. The maximum absolute atomic E-state index is 12.2. The fraction of sp³-hybridized carbons (Fsp3) is 0.200. The first-order valence-electron chi connectivity index (χ1n) is 6.30. The van der Waals surface area contributed by atoms with E-state index < -0.39 is 0 Å². The van der Waals surface area contributed by atoms with Crippen molar-refractivity contribution in [2.75, 3.05) is 19.5 Å². The number of ketones is 1. The van der Waals surface area contributed by atoms with Gasteiger partial charge in [0.15, 0.2) is 5.78 Å². The van der Waals surface area contributed by atoms with Gasteiger partial charge >= 0.3 is 0 Å². The van der Waals surface area contributed by atoms with Crippen LogP contribution in [0.2, 0.25) is 5.02 Å². The lowest BCUT2D eigenvalue weighted by molar-refractivity contribution is 0.101. The second-order valence-electron chi connectivity index (χ2n) is 4.36. The number of hydrogen-bond acceptors (Lipinski definition) is 5. The summed E-state index contributed by atoms with van der Waals surface area (Å²) in [5, 5.41) is 3.07. The molecule has 1 aromatic heterocycles. The van der Waals surface area contributed by atoms with Crippen molar-refractivity contribution in [1.29, 1.82) is 0 Å². The van der Waals surface area contributed by atoms with E-state index in [0.29, 0.717) is 32.0 Å².